The van der Waals surface area contributed by atoms with Crippen molar-refractivity contribution in [3.05, 3.63) is 52.3 Å². The van der Waals surface area contributed by atoms with Crippen molar-refractivity contribution >= 4 is 34.0 Å². The summed E-state index contributed by atoms with van der Waals surface area (Å²) in [4.78, 5) is 29.4. The van der Waals surface area contributed by atoms with Gasteiger partial charge in [-0.3, -0.25) is 4.79 Å². The maximum atomic E-state index is 12.8. The number of H-pyrrole nitrogens is 1. The molecule has 0 fully saturated rings. The maximum Gasteiger partial charge on any atom is 0.330 e. The minimum atomic E-state index is -0.926. The van der Waals surface area contributed by atoms with Crippen LogP contribution >= 0.6 is 11.3 Å². The molecule has 0 unspecified atom stereocenters. The summed E-state index contributed by atoms with van der Waals surface area (Å²) in [6.07, 6.45) is -0.926. The molecule has 0 bridgehead atoms. The summed E-state index contributed by atoms with van der Waals surface area (Å²) >= 11 is 1.52. The molecule has 0 saturated heterocycles. The average molecular weight is 395 g/mol. The van der Waals surface area contributed by atoms with Crippen molar-refractivity contribution in [3.8, 4) is 11.4 Å². The second kappa shape index (κ2) is 7.35. The predicted octanol–water partition coefficient (Wildman–Crippen LogP) is 3.01. The van der Waals surface area contributed by atoms with E-state index in [0.717, 1.165) is 27.0 Å². The van der Waals surface area contributed by atoms with Crippen LogP contribution in [0.5, 0.6) is 0 Å². The summed E-state index contributed by atoms with van der Waals surface area (Å²) in [6.45, 7) is 3.17. The van der Waals surface area contributed by atoms with Crippen molar-refractivity contribution in [2.75, 3.05) is 0 Å². The van der Waals surface area contributed by atoms with Crippen molar-refractivity contribution < 1.29 is 14.3 Å². The Kier molecular flexibility index (Phi) is 4.74. The number of aromatic amines is 1. The first kappa shape index (κ1) is 18.1. The number of Topliss-reactive ketones (excluding diaryl/α,β-unsaturated/α-hetero) is 1. The third kappa shape index (κ3) is 3.44. The van der Waals surface area contributed by atoms with Crippen molar-refractivity contribution in [1.82, 2.24) is 25.2 Å². The summed E-state index contributed by atoms with van der Waals surface area (Å²) < 4.78 is 5.31. The van der Waals surface area contributed by atoms with E-state index in [1.165, 1.54) is 11.3 Å². The first-order valence-electron chi connectivity index (χ1n) is 8.64. The number of aryl methyl sites for hydroxylation is 1. The molecule has 1 atom stereocenters. The van der Waals surface area contributed by atoms with Gasteiger partial charge in [0.25, 0.3) is 0 Å². The smallest absolute Gasteiger partial charge is 0.330 e. The zero-order chi connectivity index (χ0) is 19.7. The van der Waals surface area contributed by atoms with Crippen LogP contribution in [0, 0.1) is 6.92 Å². The summed E-state index contributed by atoms with van der Waals surface area (Å²) in [5.74, 6) is -0.422. The van der Waals surface area contributed by atoms with E-state index in [1.54, 1.807) is 6.92 Å². The highest BCUT2D eigenvalue weighted by Crippen LogP contribution is 2.24. The topological polar surface area (TPSA) is 103 Å². The van der Waals surface area contributed by atoms with Crippen molar-refractivity contribution in [1.29, 1.82) is 0 Å². The van der Waals surface area contributed by atoms with E-state index in [2.05, 4.69) is 20.4 Å². The third-order valence-corrected chi connectivity index (χ3v) is 5.00. The molecule has 9 heteroatoms. The maximum absolute atomic E-state index is 12.8. The summed E-state index contributed by atoms with van der Waals surface area (Å²) in [5, 5.41) is 16.6. The van der Waals surface area contributed by atoms with Gasteiger partial charge in [-0.2, -0.15) is 16.1 Å². The van der Waals surface area contributed by atoms with Gasteiger partial charge in [-0.1, -0.05) is 18.2 Å². The Morgan fingerprint density at radius 1 is 1.29 bits per heavy atom. The Balaban J connectivity index is 1.44. The van der Waals surface area contributed by atoms with Crippen molar-refractivity contribution in [2.45, 2.75) is 26.5 Å². The number of fused-ring (bicyclic) bond motifs is 1. The van der Waals surface area contributed by atoms with Crippen LogP contribution in [0.15, 0.2) is 41.1 Å². The largest absolute Gasteiger partial charge is 0.453 e. The van der Waals surface area contributed by atoms with Crippen LogP contribution in [0.4, 0.5) is 0 Å². The van der Waals surface area contributed by atoms with Gasteiger partial charge in [-0.15, -0.1) is 10.2 Å². The normalized spacial score (nSPS) is 12.2. The van der Waals surface area contributed by atoms with Gasteiger partial charge in [0.15, 0.2) is 12.6 Å². The molecular formula is C19H17N5O3S. The molecule has 0 saturated carbocycles. The lowest BCUT2D eigenvalue weighted by Gasteiger charge is -2.12. The van der Waals surface area contributed by atoms with Crippen LogP contribution in [0.2, 0.25) is 0 Å². The zero-order valence-electron chi connectivity index (χ0n) is 15.2. The zero-order valence-corrected chi connectivity index (χ0v) is 16.1. The van der Waals surface area contributed by atoms with E-state index in [0.29, 0.717) is 11.4 Å². The van der Waals surface area contributed by atoms with E-state index < -0.39 is 12.1 Å². The number of para-hydroxylation sites is 1. The lowest BCUT2D eigenvalue weighted by Crippen LogP contribution is -2.27. The number of hydrogen-bond acceptors (Lipinski definition) is 7. The third-order valence-electron chi connectivity index (χ3n) is 4.32. The first-order valence-corrected chi connectivity index (χ1v) is 9.58. The average Bonchev–Trinajstić information content (AvgIpc) is 3.39. The highest BCUT2D eigenvalue weighted by atomic mass is 32.1. The number of carbonyl (C=O) groups is 2. The number of ketones is 1. The molecule has 1 N–H and O–H groups in total. The molecule has 28 heavy (non-hydrogen) atoms. The van der Waals surface area contributed by atoms with E-state index in [-0.39, 0.29) is 12.3 Å². The number of tetrazole rings is 1. The molecule has 0 aliphatic rings. The van der Waals surface area contributed by atoms with Gasteiger partial charge in [-0.05, 0) is 36.6 Å². The van der Waals surface area contributed by atoms with Gasteiger partial charge in [-0.25, -0.2) is 4.79 Å². The Labute approximate surface area is 164 Å². The van der Waals surface area contributed by atoms with E-state index in [1.807, 2.05) is 48.0 Å². The molecule has 3 aromatic heterocycles. The molecule has 0 aliphatic carbocycles. The van der Waals surface area contributed by atoms with Crippen molar-refractivity contribution in [2.24, 2.45) is 0 Å². The number of rotatable bonds is 6. The number of nitrogens with zero attached hydrogens (tertiary/aromatic N) is 4. The summed E-state index contributed by atoms with van der Waals surface area (Å²) in [5.41, 5.74) is 2.99. The number of ether oxygens (including phenoxy) is 1. The van der Waals surface area contributed by atoms with Gasteiger partial charge in [0.05, 0.1) is 0 Å². The standard InChI is InChI=1S/C19H17N5O3S/c1-11-17(14-5-3-4-6-15(14)20-11)18(26)12(2)27-16(25)9-24-22-19(21-23-24)13-7-8-28-10-13/h3-8,10,12,20H,9H2,1-2H3/t12-/m1/s1. The molecule has 0 aliphatic heterocycles. The fourth-order valence-electron chi connectivity index (χ4n) is 3.02. The fourth-order valence-corrected chi connectivity index (χ4v) is 3.65. The highest BCUT2D eigenvalue weighted by Gasteiger charge is 2.24. The Morgan fingerprint density at radius 2 is 2.11 bits per heavy atom. The van der Waals surface area contributed by atoms with Crippen LogP contribution in [0.1, 0.15) is 23.0 Å². The molecule has 3 heterocycles. The molecule has 0 spiro atoms. The minimum absolute atomic E-state index is 0.221. The monoisotopic (exact) mass is 395 g/mol. The number of hydrogen-bond donors (Lipinski definition) is 1. The van der Waals surface area contributed by atoms with Gasteiger partial charge in [0.2, 0.25) is 11.6 Å². The quantitative estimate of drug-likeness (QED) is 0.398. The van der Waals surface area contributed by atoms with Crippen molar-refractivity contribution in [3.63, 3.8) is 0 Å². The summed E-state index contributed by atoms with van der Waals surface area (Å²) in [6, 6.07) is 9.40. The Bertz CT molecular complexity index is 1150. The minimum Gasteiger partial charge on any atom is -0.453 e. The molecule has 4 aromatic rings. The van der Waals surface area contributed by atoms with E-state index in [4.69, 9.17) is 4.74 Å². The fraction of sp³-hybridized carbons (Fsp3) is 0.211. The molecule has 4 rings (SSSR count). The SMILES string of the molecule is Cc1[nH]c2ccccc2c1C(=O)[C@@H](C)OC(=O)Cn1nnc(-c2ccsc2)n1. The number of esters is 1. The van der Waals surface area contributed by atoms with Gasteiger partial charge >= 0.3 is 5.97 Å². The molecule has 0 amide bonds. The first-order chi connectivity index (χ1) is 13.5. The van der Waals surface area contributed by atoms with E-state index in [9.17, 15) is 9.59 Å². The number of nitrogens with one attached hydrogen (secondary N) is 1. The van der Waals surface area contributed by atoms with Crippen LogP contribution in [0.3, 0.4) is 0 Å². The number of carbonyl (C=O) groups excluding carboxylic acids is 2. The number of aromatic nitrogens is 5. The number of thiophene rings is 1. The molecule has 0 radical (unpaired) electrons. The Hall–Kier alpha value is -3.33. The molecule has 142 valence electrons. The van der Waals surface area contributed by atoms with Gasteiger partial charge < -0.3 is 9.72 Å². The molecular weight excluding hydrogens is 378 g/mol. The lowest BCUT2D eigenvalue weighted by molar-refractivity contribution is -0.147. The van der Waals surface area contributed by atoms with Crippen LogP contribution in [-0.4, -0.2) is 43.0 Å². The van der Waals surface area contributed by atoms with Crippen LogP contribution in [-0.2, 0) is 16.1 Å². The van der Waals surface area contributed by atoms with E-state index >= 15 is 0 Å². The summed E-state index contributed by atoms with van der Waals surface area (Å²) in [7, 11) is 0. The van der Waals surface area contributed by atoms with Gasteiger partial charge in [0, 0.05) is 33.1 Å². The highest BCUT2D eigenvalue weighted by molar-refractivity contribution is 7.08. The second-order valence-corrected chi connectivity index (χ2v) is 7.10. The Morgan fingerprint density at radius 3 is 2.89 bits per heavy atom. The van der Waals surface area contributed by atoms with Gasteiger partial charge in [0.1, 0.15) is 0 Å². The lowest BCUT2D eigenvalue weighted by atomic mass is 10.0. The molecule has 8 nitrogen and oxygen atoms in total. The number of benzene rings is 1. The predicted molar refractivity (Wildman–Crippen MR) is 104 cm³/mol. The van der Waals surface area contributed by atoms with Crippen LogP contribution < -0.4 is 0 Å². The molecule has 1 aromatic carbocycles. The second-order valence-electron chi connectivity index (χ2n) is 6.32. The van der Waals surface area contributed by atoms with Crippen LogP contribution in [0.25, 0.3) is 22.3 Å².